The van der Waals surface area contributed by atoms with E-state index in [0.717, 1.165) is 11.9 Å². The Bertz CT molecular complexity index is 480. The Hall–Kier alpha value is -0.380. The number of halogens is 1. The third-order valence-corrected chi connectivity index (χ3v) is 5.31. The fourth-order valence-corrected chi connectivity index (χ4v) is 3.30. The van der Waals surface area contributed by atoms with Gasteiger partial charge >= 0.3 is 0 Å². The molecule has 0 aliphatic rings. The normalized spacial score (nSPS) is 15.0. The van der Waals surface area contributed by atoms with Crippen molar-refractivity contribution in [3.63, 3.8) is 0 Å². The van der Waals surface area contributed by atoms with Crippen LogP contribution in [0, 0.1) is 5.92 Å². The minimum atomic E-state index is 0.535. The average molecular weight is 312 g/mol. The second-order valence-electron chi connectivity index (χ2n) is 4.56. The van der Waals surface area contributed by atoms with E-state index in [1.165, 1.54) is 15.6 Å². The summed E-state index contributed by atoms with van der Waals surface area (Å²) in [5.41, 5.74) is 1.42. The highest BCUT2D eigenvalue weighted by Crippen LogP contribution is 2.25. The van der Waals surface area contributed by atoms with Gasteiger partial charge in [-0.3, -0.25) is 0 Å². The molecule has 0 aliphatic heterocycles. The van der Waals surface area contributed by atoms with Gasteiger partial charge in [0, 0.05) is 22.6 Å². The third kappa shape index (κ3) is 3.09. The summed E-state index contributed by atoms with van der Waals surface area (Å²) in [5.74, 6) is 0.653. The van der Waals surface area contributed by atoms with Gasteiger partial charge in [0.1, 0.15) is 0 Å². The molecule has 3 heteroatoms. The quantitative estimate of drug-likeness (QED) is 0.806. The zero-order valence-corrected chi connectivity index (χ0v) is 12.6. The lowest BCUT2D eigenvalue weighted by molar-refractivity contribution is 0.434. The first-order valence-electron chi connectivity index (χ1n) is 5.97. The molecule has 0 amide bonds. The van der Waals surface area contributed by atoms with Crippen molar-refractivity contribution in [3.05, 3.63) is 35.2 Å². The van der Waals surface area contributed by atoms with Gasteiger partial charge in [0.15, 0.2) is 0 Å². The highest BCUT2D eigenvalue weighted by atomic mass is 79.9. The smallest absolute Gasteiger partial charge is 0.0346 e. The highest BCUT2D eigenvalue weighted by Gasteiger charge is 2.11. The van der Waals surface area contributed by atoms with E-state index < -0.39 is 0 Å². The Morgan fingerprint density at radius 1 is 1.29 bits per heavy atom. The molecule has 1 heterocycles. The number of nitrogens with one attached hydrogen (secondary N) is 1. The molecule has 0 bridgehead atoms. The number of thiophene rings is 1. The molecule has 92 valence electrons. The molecule has 0 fully saturated rings. The second kappa shape index (κ2) is 5.98. The van der Waals surface area contributed by atoms with Crippen LogP contribution in [-0.2, 0) is 6.54 Å². The van der Waals surface area contributed by atoms with Crippen molar-refractivity contribution in [2.45, 2.75) is 26.4 Å². The predicted molar refractivity (Wildman–Crippen MR) is 81.1 cm³/mol. The zero-order valence-electron chi connectivity index (χ0n) is 10.2. The van der Waals surface area contributed by atoms with Crippen LogP contribution in [0.25, 0.3) is 10.1 Å². The monoisotopic (exact) mass is 311 g/mol. The lowest BCUT2D eigenvalue weighted by atomic mass is 10.1. The number of fused-ring (bicyclic) bond motifs is 1. The molecule has 0 aliphatic carbocycles. The Balaban J connectivity index is 2.04. The van der Waals surface area contributed by atoms with Crippen molar-refractivity contribution in [1.82, 2.24) is 5.32 Å². The first-order chi connectivity index (χ1) is 8.22. The molecule has 0 saturated heterocycles. The van der Waals surface area contributed by atoms with E-state index in [0.29, 0.717) is 12.0 Å². The molecule has 2 rings (SSSR count). The molecule has 1 aromatic carbocycles. The summed E-state index contributed by atoms with van der Waals surface area (Å²) in [6, 6.07) is 9.15. The molecule has 0 saturated carbocycles. The van der Waals surface area contributed by atoms with Crippen molar-refractivity contribution in [2.24, 2.45) is 5.92 Å². The summed E-state index contributed by atoms with van der Waals surface area (Å²) < 4.78 is 1.38. The van der Waals surface area contributed by atoms with Gasteiger partial charge in [0.05, 0.1) is 0 Å². The van der Waals surface area contributed by atoms with Crippen molar-refractivity contribution in [1.29, 1.82) is 0 Å². The largest absolute Gasteiger partial charge is 0.310 e. The van der Waals surface area contributed by atoms with Gasteiger partial charge in [0.25, 0.3) is 0 Å². The van der Waals surface area contributed by atoms with E-state index in [-0.39, 0.29) is 0 Å². The molecule has 1 aromatic heterocycles. The first-order valence-corrected chi connectivity index (χ1v) is 7.97. The van der Waals surface area contributed by atoms with Gasteiger partial charge in [-0.2, -0.15) is 0 Å². The van der Waals surface area contributed by atoms with Crippen LogP contribution in [-0.4, -0.2) is 11.4 Å². The summed E-state index contributed by atoms with van der Waals surface area (Å²) in [6.45, 7) is 5.47. The number of alkyl halides is 1. The van der Waals surface area contributed by atoms with Gasteiger partial charge in [0.2, 0.25) is 0 Å². The lowest BCUT2D eigenvalue weighted by Gasteiger charge is -2.19. The lowest BCUT2D eigenvalue weighted by Crippen LogP contribution is -2.32. The van der Waals surface area contributed by atoms with E-state index in [9.17, 15) is 0 Å². The molecule has 0 radical (unpaired) electrons. The van der Waals surface area contributed by atoms with E-state index in [1.807, 2.05) is 11.3 Å². The molecule has 2 unspecified atom stereocenters. The van der Waals surface area contributed by atoms with Crippen molar-refractivity contribution in [2.75, 3.05) is 5.33 Å². The van der Waals surface area contributed by atoms with Crippen LogP contribution in [0.5, 0.6) is 0 Å². The second-order valence-corrected chi connectivity index (χ2v) is 6.12. The summed E-state index contributed by atoms with van der Waals surface area (Å²) in [5, 5.41) is 8.31. The summed E-state index contributed by atoms with van der Waals surface area (Å²) in [6.07, 6.45) is 0. The van der Waals surface area contributed by atoms with Crippen LogP contribution in [0.1, 0.15) is 19.4 Å². The van der Waals surface area contributed by atoms with Crippen LogP contribution >= 0.6 is 27.3 Å². The number of hydrogen-bond donors (Lipinski definition) is 1. The van der Waals surface area contributed by atoms with Crippen LogP contribution in [0.2, 0.25) is 0 Å². The van der Waals surface area contributed by atoms with Crippen molar-refractivity contribution < 1.29 is 0 Å². The maximum Gasteiger partial charge on any atom is 0.0346 e. The van der Waals surface area contributed by atoms with Gasteiger partial charge in [-0.1, -0.05) is 41.1 Å². The van der Waals surface area contributed by atoms with Crippen molar-refractivity contribution >= 4 is 37.4 Å². The van der Waals surface area contributed by atoms with Gasteiger partial charge in [-0.05, 0) is 35.2 Å². The average Bonchev–Trinajstić information content (AvgIpc) is 2.78. The summed E-state index contributed by atoms with van der Waals surface area (Å²) in [4.78, 5) is 0. The minimum absolute atomic E-state index is 0.535. The van der Waals surface area contributed by atoms with Crippen LogP contribution in [0.15, 0.2) is 29.6 Å². The topological polar surface area (TPSA) is 12.0 Å². The van der Waals surface area contributed by atoms with Gasteiger partial charge < -0.3 is 5.32 Å². The Kier molecular flexibility index (Phi) is 4.60. The maximum atomic E-state index is 3.60. The van der Waals surface area contributed by atoms with E-state index in [4.69, 9.17) is 0 Å². The fraction of sp³-hybridized carbons (Fsp3) is 0.429. The zero-order chi connectivity index (χ0) is 12.3. The van der Waals surface area contributed by atoms with E-state index >= 15 is 0 Å². The molecular weight excluding hydrogens is 294 g/mol. The fourth-order valence-electron chi connectivity index (χ4n) is 1.78. The number of hydrogen-bond acceptors (Lipinski definition) is 2. The SMILES string of the molecule is CC(CBr)C(C)NCc1csc2ccccc12. The van der Waals surface area contributed by atoms with E-state index in [1.54, 1.807) is 0 Å². The van der Waals surface area contributed by atoms with Crippen molar-refractivity contribution in [3.8, 4) is 0 Å². The number of rotatable bonds is 5. The molecule has 2 aromatic rings. The Morgan fingerprint density at radius 3 is 2.82 bits per heavy atom. The van der Waals surface area contributed by atoms with Crippen LogP contribution in [0.4, 0.5) is 0 Å². The standard InChI is InChI=1S/C14H18BrNS/c1-10(7-15)11(2)16-8-12-9-17-14-6-4-3-5-13(12)14/h3-6,9-11,16H,7-8H2,1-2H3. The molecule has 1 nitrogen and oxygen atoms in total. The molecule has 2 atom stereocenters. The summed E-state index contributed by atoms with van der Waals surface area (Å²) in [7, 11) is 0. The molecular formula is C14H18BrNS. The third-order valence-electron chi connectivity index (χ3n) is 3.27. The molecule has 0 spiro atoms. The Labute approximate surface area is 115 Å². The molecule has 17 heavy (non-hydrogen) atoms. The van der Waals surface area contributed by atoms with Gasteiger partial charge in [-0.25, -0.2) is 0 Å². The van der Waals surface area contributed by atoms with Crippen LogP contribution < -0.4 is 5.32 Å². The maximum absolute atomic E-state index is 3.60. The Morgan fingerprint density at radius 2 is 2.06 bits per heavy atom. The first kappa shape index (κ1) is 13.1. The predicted octanol–water partition coefficient (Wildman–Crippen LogP) is 4.41. The van der Waals surface area contributed by atoms with Gasteiger partial charge in [-0.15, -0.1) is 11.3 Å². The minimum Gasteiger partial charge on any atom is -0.310 e. The van der Waals surface area contributed by atoms with E-state index in [2.05, 4.69) is 64.7 Å². The highest BCUT2D eigenvalue weighted by molar-refractivity contribution is 9.09. The molecule has 1 N–H and O–H groups in total. The van der Waals surface area contributed by atoms with Crippen LogP contribution in [0.3, 0.4) is 0 Å². The summed E-state index contributed by atoms with van der Waals surface area (Å²) >= 11 is 5.37. The number of benzene rings is 1.